The van der Waals surface area contributed by atoms with Gasteiger partial charge in [0.1, 0.15) is 5.82 Å². The van der Waals surface area contributed by atoms with Crippen LogP contribution in [0.2, 0.25) is 0 Å². The molecule has 0 saturated carbocycles. The van der Waals surface area contributed by atoms with Gasteiger partial charge in [-0.25, -0.2) is 9.18 Å². The van der Waals surface area contributed by atoms with Crippen LogP contribution in [0.4, 0.5) is 4.39 Å². The number of rotatable bonds is 11. The molecule has 4 heteroatoms. The van der Waals surface area contributed by atoms with Gasteiger partial charge in [0.05, 0.1) is 12.2 Å². The monoisotopic (exact) mass is 309 g/mol. The summed E-state index contributed by atoms with van der Waals surface area (Å²) in [5.41, 5.74) is 0.398. The van der Waals surface area contributed by atoms with Gasteiger partial charge in [-0.3, -0.25) is 0 Å². The molecule has 0 N–H and O–H groups in total. The van der Waals surface area contributed by atoms with Gasteiger partial charge in [-0.2, -0.15) is 0 Å². The van der Waals surface area contributed by atoms with Crippen LogP contribution in [-0.4, -0.2) is 37.1 Å². The van der Waals surface area contributed by atoms with Crippen LogP contribution in [0.3, 0.4) is 0 Å². The predicted molar refractivity (Wildman–Crippen MR) is 87.6 cm³/mol. The Labute approximate surface area is 133 Å². The number of carbonyl (C=O) groups is 1. The van der Waals surface area contributed by atoms with Gasteiger partial charge < -0.3 is 9.64 Å². The highest BCUT2D eigenvalue weighted by atomic mass is 19.1. The van der Waals surface area contributed by atoms with E-state index in [0.29, 0.717) is 12.2 Å². The molecule has 0 bridgehead atoms. The number of benzene rings is 1. The molecule has 0 aliphatic carbocycles. The molecule has 0 amide bonds. The third-order valence-electron chi connectivity index (χ3n) is 3.59. The van der Waals surface area contributed by atoms with Gasteiger partial charge in [0.2, 0.25) is 0 Å². The van der Waals surface area contributed by atoms with E-state index in [1.165, 1.54) is 49.9 Å². The lowest BCUT2D eigenvalue weighted by molar-refractivity contribution is 0.0487. The van der Waals surface area contributed by atoms with Crippen LogP contribution in [0.15, 0.2) is 24.3 Å². The molecule has 0 radical (unpaired) electrons. The van der Waals surface area contributed by atoms with E-state index in [-0.39, 0.29) is 11.8 Å². The lowest BCUT2D eigenvalue weighted by Crippen LogP contribution is -2.28. The molecule has 0 aliphatic rings. The summed E-state index contributed by atoms with van der Waals surface area (Å²) in [4.78, 5) is 14.2. The van der Waals surface area contributed by atoms with Crippen molar-refractivity contribution in [1.82, 2.24) is 4.90 Å². The Kier molecular flexibility index (Phi) is 9.47. The van der Waals surface area contributed by atoms with Crippen molar-refractivity contribution >= 4 is 5.97 Å². The van der Waals surface area contributed by atoms with E-state index in [1.807, 2.05) is 0 Å². The van der Waals surface area contributed by atoms with Gasteiger partial charge >= 0.3 is 5.97 Å². The summed E-state index contributed by atoms with van der Waals surface area (Å²) in [7, 11) is 0. The topological polar surface area (TPSA) is 29.5 Å². The first-order valence-corrected chi connectivity index (χ1v) is 8.32. The van der Waals surface area contributed by atoms with Crippen molar-refractivity contribution in [3.8, 4) is 0 Å². The number of unbranched alkanes of at least 4 members (excludes halogenated alkanes) is 2. The zero-order valence-electron chi connectivity index (χ0n) is 13.8. The highest BCUT2D eigenvalue weighted by molar-refractivity contribution is 5.89. The molecule has 0 aliphatic heterocycles. The fourth-order valence-electron chi connectivity index (χ4n) is 2.22. The molecule has 0 aromatic heterocycles. The summed E-state index contributed by atoms with van der Waals surface area (Å²) >= 11 is 0. The summed E-state index contributed by atoms with van der Waals surface area (Å²) in [6, 6.07) is 5.45. The quantitative estimate of drug-likeness (QED) is 0.451. The third kappa shape index (κ3) is 7.55. The minimum Gasteiger partial charge on any atom is -0.462 e. The molecule has 0 unspecified atom stereocenters. The highest BCUT2D eigenvalue weighted by Gasteiger charge is 2.08. The summed E-state index contributed by atoms with van der Waals surface area (Å²) in [6.45, 7) is 7.98. The molecular weight excluding hydrogens is 281 g/mol. The van der Waals surface area contributed by atoms with Crippen molar-refractivity contribution in [3.63, 3.8) is 0 Å². The summed E-state index contributed by atoms with van der Waals surface area (Å²) in [6.07, 6.45) is 5.64. The van der Waals surface area contributed by atoms with Gasteiger partial charge in [0.25, 0.3) is 0 Å². The van der Waals surface area contributed by atoms with Crippen LogP contribution < -0.4 is 0 Å². The molecule has 1 aromatic rings. The van der Waals surface area contributed by atoms with Crippen molar-refractivity contribution in [2.24, 2.45) is 0 Å². The van der Waals surface area contributed by atoms with E-state index in [9.17, 15) is 9.18 Å². The van der Waals surface area contributed by atoms with E-state index in [1.54, 1.807) is 0 Å². The van der Waals surface area contributed by atoms with Crippen LogP contribution in [0.5, 0.6) is 0 Å². The lowest BCUT2D eigenvalue weighted by Gasteiger charge is -2.21. The number of ether oxygens (including phenoxy) is 1. The van der Waals surface area contributed by atoms with E-state index >= 15 is 0 Å². The van der Waals surface area contributed by atoms with Crippen LogP contribution in [0, 0.1) is 5.82 Å². The molecule has 1 rings (SSSR count). The normalized spacial score (nSPS) is 10.9. The van der Waals surface area contributed by atoms with Crippen molar-refractivity contribution < 1.29 is 13.9 Å². The first-order chi connectivity index (χ1) is 10.7. The second-order valence-electron chi connectivity index (χ2n) is 5.55. The van der Waals surface area contributed by atoms with Crippen molar-refractivity contribution in [2.75, 3.05) is 26.2 Å². The van der Waals surface area contributed by atoms with E-state index in [4.69, 9.17) is 4.74 Å². The second kappa shape index (κ2) is 11.2. The average molecular weight is 309 g/mol. The summed E-state index contributed by atoms with van der Waals surface area (Å²) < 4.78 is 18.0. The molecule has 22 heavy (non-hydrogen) atoms. The molecule has 1 aromatic carbocycles. The van der Waals surface area contributed by atoms with Crippen molar-refractivity contribution in [3.05, 3.63) is 35.6 Å². The maximum Gasteiger partial charge on any atom is 0.338 e. The zero-order chi connectivity index (χ0) is 16.2. The minimum atomic E-state index is -0.381. The fourth-order valence-corrected chi connectivity index (χ4v) is 2.22. The van der Waals surface area contributed by atoms with Gasteiger partial charge in [-0.1, -0.05) is 26.7 Å². The Morgan fingerprint density at radius 3 is 2.09 bits per heavy atom. The molecule has 0 atom stereocenters. The third-order valence-corrected chi connectivity index (χ3v) is 3.59. The number of esters is 1. The number of hydrogen-bond donors (Lipinski definition) is 0. The van der Waals surface area contributed by atoms with Gasteiger partial charge in [0, 0.05) is 6.54 Å². The minimum absolute atomic E-state index is 0.348. The number of nitrogens with zero attached hydrogens (tertiary/aromatic N) is 1. The molecule has 0 fully saturated rings. The maximum atomic E-state index is 12.8. The molecule has 124 valence electrons. The Bertz CT molecular complexity index is 412. The van der Waals surface area contributed by atoms with Crippen LogP contribution >= 0.6 is 0 Å². The van der Waals surface area contributed by atoms with Crippen LogP contribution in [0.25, 0.3) is 0 Å². The number of hydrogen-bond acceptors (Lipinski definition) is 3. The Morgan fingerprint density at radius 2 is 1.55 bits per heavy atom. The van der Waals surface area contributed by atoms with Crippen molar-refractivity contribution in [1.29, 1.82) is 0 Å². The predicted octanol–water partition coefficient (Wildman–Crippen LogP) is 4.27. The van der Waals surface area contributed by atoms with Gasteiger partial charge in [-0.15, -0.1) is 0 Å². The van der Waals surface area contributed by atoms with E-state index < -0.39 is 0 Å². The number of carbonyl (C=O) groups excluding carboxylic acids is 1. The highest BCUT2D eigenvalue weighted by Crippen LogP contribution is 2.05. The van der Waals surface area contributed by atoms with Crippen molar-refractivity contribution in [2.45, 2.75) is 46.0 Å². The first-order valence-electron chi connectivity index (χ1n) is 8.32. The number of halogens is 1. The zero-order valence-corrected chi connectivity index (χ0v) is 13.8. The van der Waals surface area contributed by atoms with Crippen LogP contribution in [0.1, 0.15) is 56.3 Å². The fraction of sp³-hybridized carbons (Fsp3) is 0.611. The standard InChI is InChI=1S/C18H28FNO2/c1-3-5-12-20(13-6-4-2)14-7-15-22-18(21)16-8-10-17(19)11-9-16/h8-11H,3-7,12-15H2,1-2H3. The average Bonchev–Trinajstić information content (AvgIpc) is 2.53. The van der Waals surface area contributed by atoms with E-state index in [0.717, 1.165) is 26.1 Å². The van der Waals surface area contributed by atoms with Gasteiger partial charge in [0.15, 0.2) is 0 Å². The Hall–Kier alpha value is -1.42. The largest absolute Gasteiger partial charge is 0.462 e. The second-order valence-corrected chi connectivity index (χ2v) is 5.55. The SMILES string of the molecule is CCCCN(CCCC)CCCOC(=O)c1ccc(F)cc1. The summed E-state index contributed by atoms with van der Waals surface area (Å²) in [5.74, 6) is -0.729. The Balaban J connectivity index is 2.26. The van der Waals surface area contributed by atoms with Crippen LogP contribution in [-0.2, 0) is 4.74 Å². The Morgan fingerprint density at radius 1 is 1.00 bits per heavy atom. The molecule has 3 nitrogen and oxygen atoms in total. The lowest BCUT2D eigenvalue weighted by atomic mass is 10.2. The smallest absolute Gasteiger partial charge is 0.338 e. The molecule has 0 spiro atoms. The molecule has 0 saturated heterocycles. The van der Waals surface area contributed by atoms with Gasteiger partial charge in [-0.05, 0) is 56.6 Å². The first kappa shape index (κ1) is 18.6. The summed E-state index contributed by atoms with van der Waals surface area (Å²) in [5, 5.41) is 0. The van der Waals surface area contributed by atoms with E-state index in [2.05, 4.69) is 18.7 Å². The molecular formula is C18H28FNO2. The maximum absolute atomic E-state index is 12.8. The molecule has 0 heterocycles.